The van der Waals surface area contributed by atoms with Crippen molar-refractivity contribution in [2.24, 2.45) is 11.7 Å². The van der Waals surface area contributed by atoms with E-state index in [1.54, 1.807) is 0 Å². The van der Waals surface area contributed by atoms with E-state index in [0.29, 0.717) is 12.5 Å². The molecule has 1 heterocycles. The van der Waals surface area contributed by atoms with Crippen LogP contribution in [0.3, 0.4) is 0 Å². The average Bonchev–Trinajstić information content (AvgIpc) is 2.88. The molecule has 2 atom stereocenters. The van der Waals surface area contributed by atoms with E-state index in [2.05, 4.69) is 0 Å². The molecule has 13 heavy (non-hydrogen) atoms. The van der Waals surface area contributed by atoms with E-state index in [9.17, 15) is 0 Å². The lowest BCUT2D eigenvalue weighted by Gasteiger charge is -2.29. The van der Waals surface area contributed by atoms with Crippen LogP contribution in [0.1, 0.15) is 26.2 Å². The van der Waals surface area contributed by atoms with Crippen LogP contribution in [0.15, 0.2) is 0 Å². The lowest BCUT2D eigenvalue weighted by Crippen LogP contribution is -2.52. The molecule has 0 radical (unpaired) electrons. The second-order valence-electron chi connectivity index (χ2n) is 4.25. The molecule has 1 aliphatic heterocycles. The Morgan fingerprint density at radius 1 is 1.54 bits per heavy atom. The predicted molar refractivity (Wildman–Crippen MR) is 50.5 cm³/mol. The molecule has 1 saturated carbocycles. The summed E-state index contributed by atoms with van der Waals surface area (Å²) in [6.45, 7) is 4.22. The number of nitrogens with two attached hydrogens (primary N) is 1. The van der Waals surface area contributed by atoms with Crippen molar-refractivity contribution in [3.63, 3.8) is 0 Å². The fraction of sp³-hybridized carbons (Fsp3) is 1.00. The molecule has 0 aromatic heterocycles. The first kappa shape index (κ1) is 9.44. The van der Waals surface area contributed by atoms with Crippen molar-refractivity contribution in [2.45, 2.75) is 37.8 Å². The van der Waals surface area contributed by atoms with Gasteiger partial charge in [0.1, 0.15) is 0 Å². The van der Waals surface area contributed by atoms with Crippen LogP contribution < -0.4 is 5.73 Å². The first-order valence-corrected chi connectivity index (χ1v) is 5.24. The van der Waals surface area contributed by atoms with Crippen LogP contribution in [0.2, 0.25) is 0 Å². The fourth-order valence-corrected chi connectivity index (χ4v) is 2.13. The minimum Gasteiger partial charge on any atom is -0.380 e. The van der Waals surface area contributed by atoms with E-state index in [-0.39, 0.29) is 11.6 Å². The predicted octanol–water partition coefficient (Wildman–Crippen LogP) is 0.919. The highest BCUT2D eigenvalue weighted by molar-refractivity contribution is 5.03. The maximum Gasteiger partial charge on any atom is 0.0806 e. The molecule has 76 valence electrons. The molecule has 3 nitrogen and oxygen atoms in total. The summed E-state index contributed by atoms with van der Waals surface area (Å²) in [6, 6.07) is 0. The molecule has 0 bridgehead atoms. The molecule has 2 rings (SSSR count). The highest BCUT2D eigenvalue weighted by Crippen LogP contribution is 2.42. The molecular formula is C10H19NO2. The molecule has 0 amide bonds. The Labute approximate surface area is 79.6 Å². The van der Waals surface area contributed by atoms with Gasteiger partial charge in [-0.3, -0.25) is 0 Å². The lowest BCUT2D eigenvalue weighted by atomic mass is 9.90. The Morgan fingerprint density at radius 2 is 2.31 bits per heavy atom. The van der Waals surface area contributed by atoms with Gasteiger partial charge in [0.25, 0.3) is 0 Å². The van der Waals surface area contributed by atoms with Crippen LogP contribution in [0, 0.1) is 5.92 Å². The Kier molecular flexibility index (Phi) is 2.58. The quantitative estimate of drug-likeness (QED) is 0.708. The van der Waals surface area contributed by atoms with Crippen molar-refractivity contribution in [3.8, 4) is 0 Å². The minimum absolute atomic E-state index is 0.197. The molecule has 1 saturated heterocycles. The highest BCUT2D eigenvalue weighted by Gasteiger charge is 2.48. The fourth-order valence-electron chi connectivity index (χ4n) is 2.13. The van der Waals surface area contributed by atoms with Crippen LogP contribution in [0.25, 0.3) is 0 Å². The third-order valence-electron chi connectivity index (χ3n) is 3.06. The number of rotatable bonds is 4. The molecule has 3 heteroatoms. The summed E-state index contributed by atoms with van der Waals surface area (Å²) in [5.41, 5.74) is 6.08. The molecule has 0 spiro atoms. The van der Waals surface area contributed by atoms with Crippen molar-refractivity contribution in [1.29, 1.82) is 0 Å². The molecule has 0 aromatic rings. The standard InChI is InChI=1S/C10H19NO2/c1-2-12-7-10(11)5-6-13-9(10)8-3-4-8/h8-9H,2-7,11H2,1H3. The van der Waals surface area contributed by atoms with E-state index in [4.69, 9.17) is 15.2 Å². The normalized spacial score (nSPS) is 39.7. The average molecular weight is 185 g/mol. The second kappa shape index (κ2) is 3.56. The Bertz CT molecular complexity index is 182. The van der Waals surface area contributed by atoms with Gasteiger partial charge in [-0.1, -0.05) is 0 Å². The molecular weight excluding hydrogens is 166 g/mol. The summed E-state index contributed by atoms with van der Waals surface area (Å²) < 4.78 is 11.1. The van der Waals surface area contributed by atoms with Crippen LogP contribution in [-0.4, -0.2) is 31.5 Å². The first-order chi connectivity index (χ1) is 6.26. The largest absolute Gasteiger partial charge is 0.380 e. The van der Waals surface area contributed by atoms with E-state index in [1.165, 1.54) is 12.8 Å². The Morgan fingerprint density at radius 3 is 2.92 bits per heavy atom. The van der Waals surface area contributed by atoms with Crippen molar-refractivity contribution < 1.29 is 9.47 Å². The number of hydrogen-bond acceptors (Lipinski definition) is 3. The van der Waals surface area contributed by atoms with Crippen LogP contribution >= 0.6 is 0 Å². The van der Waals surface area contributed by atoms with Crippen LogP contribution in [0.5, 0.6) is 0 Å². The smallest absolute Gasteiger partial charge is 0.0806 e. The summed E-state index contributed by atoms with van der Waals surface area (Å²) in [4.78, 5) is 0. The van der Waals surface area contributed by atoms with Crippen LogP contribution in [0.4, 0.5) is 0 Å². The maximum atomic E-state index is 6.28. The van der Waals surface area contributed by atoms with E-state index >= 15 is 0 Å². The summed E-state index contributed by atoms with van der Waals surface area (Å²) in [6.07, 6.45) is 3.79. The number of ether oxygens (including phenoxy) is 2. The molecule has 2 unspecified atom stereocenters. The maximum absolute atomic E-state index is 6.28. The van der Waals surface area contributed by atoms with E-state index < -0.39 is 0 Å². The van der Waals surface area contributed by atoms with Gasteiger partial charge < -0.3 is 15.2 Å². The zero-order valence-corrected chi connectivity index (χ0v) is 8.29. The highest BCUT2D eigenvalue weighted by atomic mass is 16.5. The summed E-state index contributed by atoms with van der Waals surface area (Å²) in [7, 11) is 0. The van der Waals surface area contributed by atoms with Crippen molar-refractivity contribution in [1.82, 2.24) is 0 Å². The SMILES string of the molecule is CCOCC1(N)CCOC1C1CC1. The van der Waals surface area contributed by atoms with Gasteiger partial charge in [0.15, 0.2) is 0 Å². The molecule has 2 aliphatic rings. The van der Waals surface area contributed by atoms with Gasteiger partial charge in [-0.15, -0.1) is 0 Å². The minimum atomic E-state index is -0.197. The zero-order chi connectivity index (χ0) is 9.31. The molecule has 2 N–H and O–H groups in total. The van der Waals surface area contributed by atoms with Gasteiger partial charge in [0.2, 0.25) is 0 Å². The lowest BCUT2D eigenvalue weighted by molar-refractivity contribution is 0.0200. The second-order valence-corrected chi connectivity index (χ2v) is 4.25. The van der Waals surface area contributed by atoms with Gasteiger partial charge in [-0.25, -0.2) is 0 Å². The van der Waals surface area contributed by atoms with Crippen molar-refractivity contribution in [2.75, 3.05) is 19.8 Å². The topological polar surface area (TPSA) is 44.5 Å². The Balaban J connectivity index is 1.93. The van der Waals surface area contributed by atoms with Crippen molar-refractivity contribution in [3.05, 3.63) is 0 Å². The van der Waals surface area contributed by atoms with Gasteiger partial charge in [0.05, 0.1) is 18.2 Å². The first-order valence-electron chi connectivity index (χ1n) is 5.24. The molecule has 0 aromatic carbocycles. The monoisotopic (exact) mass is 185 g/mol. The third kappa shape index (κ3) is 1.87. The van der Waals surface area contributed by atoms with Gasteiger partial charge in [-0.2, -0.15) is 0 Å². The number of hydrogen-bond donors (Lipinski definition) is 1. The molecule has 1 aliphatic carbocycles. The van der Waals surface area contributed by atoms with Gasteiger partial charge in [-0.05, 0) is 32.1 Å². The van der Waals surface area contributed by atoms with E-state index in [1.807, 2.05) is 6.92 Å². The zero-order valence-electron chi connectivity index (χ0n) is 8.29. The van der Waals surface area contributed by atoms with Crippen LogP contribution in [-0.2, 0) is 9.47 Å². The molecule has 2 fully saturated rings. The Hall–Kier alpha value is -0.120. The third-order valence-corrected chi connectivity index (χ3v) is 3.06. The summed E-state index contributed by atoms with van der Waals surface area (Å²) in [5.74, 6) is 0.716. The van der Waals surface area contributed by atoms with Crippen molar-refractivity contribution >= 4 is 0 Å². The van der Waals surface area contributed by atoms with E-state index in [0.717, 1.165) is 19.6 Å². The van der Waals surface area contributed by atoms with Gasteiger partial charge in [0, 0.05) is 13.2 Å². The summed E-state index contributed by atoms with van der Waals surface area (Å²) in [5, 5.41) is 0. The van der Waals surface area contributed by atoms with Gasteiger partial charge >= 0.3 is 0 Å². The summed E-state index contributed by atoms with van der Waals surface area (Å²) >= 11 is 0.